The minimum Gasteiger partial charge on any atom is -0.350 e. The van der Waals surface area contributed by atoms with Crippen molar-refractivity contribution in [2.24, 2.45) is 0 Å². The van der Waals surface area contributed by atoms with E-state index in [4.69, 9.17) is 11.6 Å². The van der Waals surface area contributed by atoms with E-state index in [2.05, 4.69) is 17.2 Å². The number of benzene rings is 1. The largest absolute Gasteiger partial charge is 0.350 e. The van der Waals surface area contributed by atoms with Gasteiger partial charge in [0.25, 0.3) is 11.8 Å². The molecule has 1 aromatic heterocycles. The minimum atomic E-state index is -0.269. The molecule has 3 rings (SSSR count). The molecule has 148 valence electrons. The number of pyridine rings is 1. The van der Waals surface area contributed by atoms with Gasteiger partial charge in [-0.1, -0.05) is 36.7 Å². The number of nitrogens with zero attached hydrogens (tertiary/aromatic N) is 2. The quantitative estimate of drug-likeness (QED) is 0.794. The van der Waals surface area contributed by atoms with E-state index in [9.17, 15) is 9.59 Å². The highest BCUT2D eigenvalue weighted by Crippen LogP contribution is 2.21. The molecule has 1 atom stereocenters. The maximum absolute atomic E-state index is 12.9. The van der Waals surface area contributed by atoms with Crippen molar-refractivity contribution in [1.82, 2.24) is 15.2 Å². The van der Waals surface area contributed by atoms with Gasteiger partial charge < -0.3 is 10.2 Å². The number of rotatable bonds is 6. The Labute approximate surface area is 171 Å². The summed E-state index contributed by atoms with van der Waals surface area (Å²) in [4.78, 5) is 31.6. The maximum atomic E-state index is 12.9. The Morgan fingerprint density at radius 1 is 1.14 bits per heavy atom. The van der Waals surface area contributed by atoms with Gasteiger partial charge in [0, 0.05) is 24.2 Å². The smallest absolute Gasteiger partial charge is 0.272 e. The molecule has 28 heavy (non-hydrogen) atoms. The zero-order valence-corrected chi connectivity index (χ0v) is 16.9. The lowest BCUT2D eigenvalue weighted by molar-refractivity contribution is 0.0602. The molecule has 2 aromatic rings. The first-order valence-electron chi connectivity index (χ1n) is 9.89. The molecule has 5 nitrogen and oxygen atoms in total. The molecule has 0 aliphatic carbocycles. The van der Waals surface area contributed by atoms with Crippen molar-refractivity contribution in [2.75, 3.05) is 13.1 Å². The van der Waals surface area contributed by atoms with Crippen molar-refractivity contribution in [3.63, 3.8) is 0 Å². The lowest BCUT2D eigenvalue weighted by Gasteiger charge is -2.35. The number of likely N-dealkylation sites (tertiary alicyclic amines) is 1. The number of hydrogen-bond donors (Lipinski definition) is 1. The number of amides is 2. The Morgan fingerprint density at radius 3 is 2.64 bits per heavy atom. The molecule has 2 heterocycles. The van der Waals surface area contributed by atoms with Gasteiger partial charge in [-0.15, -0.1) is 0 Å². The third kappa shape index (κ3) is 5.10. The van der Waals surface area contributed by atoms with Crippen LogP contribution < -0.4 is 5.32 Å². The fraction of sp³-hybridized carbons (Fsp3) is 0.409. The first-order valence-corrected chi connectivity index (χ1v) is 10.3. The predicted molar refractivity (Wildman–Crippen MR) is 111 cm³/mol. The van der Waals surface area contributed by atoms with Gasteiger partial charge in [0.2, 0.25) is 0 Å². The molecule has 0 radical (unpaired) electrons. The van der Waals surface area contributed by atoms with E-state index >= 15 is 0 Å². The van der Waals surface area contributed by atoms with E-state index in [0.29, 0.717) is 23.7 Å². The molecule has 1 aliphatic heterocycles. The molecule has 0 saturated carbocycles. The van der Waals surface area contributed by atoms with Crippen LogP contribution in [-0.2, 0) is 6.42 Å². The van der Waals surface area contributed by atoms with E-state index < -0.39 is 0 Å². The van der Waals surface area contributed by atoms with Crippen molar-refractivity contribution in [3.8, 4) is 0 Å². The lowest BCUT2D eigenvalue weighted by Crippen LogP contribution is -2.43. The molecular formula is C22H26ClN3O2. The Morgan fingerprint density at radius 2 is 1.89 bits per heavy atom. The number of nitrogens with one attached hydrogen (secondary N) is 1. The van der Waals surface area contributed by atoms with E-state index in [1.54, 1.807) is 18.2 Å². The Bertz CT molecular complexity index is 823. The standard InChI is InChI=1S/C22H26ClN3O2/c1-2-18-6-3-4-15-26(18)22(28)20-8-5-7-19(25-20)21(27)24-14-13-16-9-11-17(23)12-10-16/h5,7-12,18H,2-4,6,13-15H2,1H3,(H,24,27). The molecule has 1 aliphatic rings. The van der Waals surface area contributed by atoms with Crippen molar-refractivity contribution < 1.29 is 9.59 Å². The van der Waals surface area contributed by atoms with Gasteiger partial charge >= 0.3 is 0 Å². The summed E-state index contributed by atoms with van der Waals surface area (Å²) < 4.78 is 0. The van der Waals surface area contributed by atoms with Gasteiger partial charge in [-0.25, -0.2) is 4.98 Å². The molecule has 1 saturated heterocycles. The van der Waals surface area contributed by atoms with Crippen LogP contribution in [0.5, 0.6) is 0 Å². The van der Waals surface area contributed by atoms with Crippen LogP contribution in [0.1, 0.15) is 59.1 Å². The normalized spacial score (nSPS) is 16.6. The van der Waals surface area contributed by atoms with Gasteiger partial charge in [0.05, 0.1) is 0 Å². The Hall–Kier alpha value is -2.40. The zero-order valence-electron chi connectivity index (χ0n) is 16.2. The van der Waals surface area contributed by atoms with E-state index in [1.165, 1.54) is 0 Å². The van der Waals surface area contributed by atoms with Crippen molar-refractivity contribution in [3.05, 3.63) is 64.4 Å². The molecule has 1 unspecified atom stereocenters. The number of carbonyl (C=O) groups is 2. The topological polar surface area (TPSA) is 62.3 Å². The number of carbonyl (C=O) groups excluding carboxylic acids is 2. The third-order valence-corrected chi connectivity index (χ3v) is 5.42. The molecule has 1 aromatic carbocycles. The highest BCUT2D eigenvalue weighted by Gasteiger charge is 2.27. The maximum Gasteiger partial charge on any atom is 0.272 e. The van der Waals surface area contributed by atoms with Crippen LogP contribution >= 0.6 is 11.6 Å². The first kappa shape index (κ1) is 20.3. The van der Waals surface area contributed by atoms with Crippen molar-refractivity contribution in [2.45, 2.75) is 45.1 Å². The monoisotopic (exact) mass is 399 g/mol. The fourth-order valence-electron chi connectivity index (χ4n) is 3.58. The molecule has 1 N–H and O–H groups in total. The predicted octanol–water partition coefficient (Wildman–Crippen LogP) is 4.11. The second kappa shape index (κ2) is 9.69. The zero-order chi connectivity index (χ0) is 19.9. The van der Waals surface area contributed by atoms with Gasteiger partial charge in [-0.3, -0.25) is 9.59 Å². The molecular weight excluding hydrogens is 374 g/mol. The molecule has 6 heteroatoms. The van der Waals surface area contributed by atoms with Gasteiger partial charge in [0.1, 0.15) is 11.4 Å². The summed E-state index contributed by atoms with van der Waals surface area (Å²) in [5.41, 5.74) is 1.70. The van der Waals surface area contributed by atoms with Gasteiger partial charge in [0.15, 0.2) is 0 Å². The number of hydrogen-bond acceptors (Lipinski definition) is 3. The van der Waals surface area contributed by atoms with Crippen molar-refractivity contribution in [1.29, 1.82) is 0 Å². The Balaban J connectivity index is 1.60. The molecule has 0 spiro atoms. The fourth-order valence-corrected chi connectivity index (χ4v) is 3.71. The summed E-state index contributed by atoms with van der Waals surface area (Å²) in [6.45, 7) is 3.36. The molecule has 1 fully saturated rings. The highest BCUT2D eigenvalue weighted by molar-refractivity contribution is 6.30. The van der Waals surface area contributed by atoms with E-state index in [0.717, 1.165) is 37.8 Å². The molecule has 0 bridgehead atoms. The first-order chi connectivity index (χ1) is 13.6. The summed E-state index contributed by atoms with van der Waals surface area (Å²) in [5.74, 6) is -0.350. The van der Waals surface area contributed by atoms with E-state index in [1.807, 2.05) is 29.2 Å². The van der Waals surface area contributed by atoms with E-state index in [-0.39, 0.29) is 23.6 Å². The third-order valence-electron chi connectivity index (χ3n) is 5.17. The van der Waals surface area contributed by atoms with Crippen molar-refractivity contribution >= 4 is 23.4 Å². The molecule has 2 amide bonds. The van der Waals surface area contributed by atoms with Gasteiger partial charge in [-0.2, -0.15) is 0 Å². The summed E-state index contributed by atoms with van der Waals surface area (Å²) in [6.07, 6.45) is 4.86. The van der Waals surface area contributed by atoms with Crippen LogP contribution in [0.4, 0.5) is 0 Å². The Kier molecular flexibility index (Phi) is 7.04. The summed E-state index contributed by atoms with van der Waals surface area (Å²) in [7, 11) is 0. The number of halogens is 1. The lowest BCUT2D eigenvalue weighted by atomic mass is 9.99. The number of aromatic nitrogens is 1. The number of piperidine rings is 1. The van der Waals surface area contributed by atoms with Gasteiger partial charge in [-0.05, 0) is 61.9 Å². The van der Waals surface area contributed by atoms with Crippen LogP contribution in [0.2, 0.25) is 5.02 Å². The van der Waals surface area contributed by atoms with Crippen LogP contribution in [-0.4, -0.2) is 40.8 Å². The summed E-state index contributed by atoms with van der Waals surface area (Å²) >= 11 is 5.88. The highest BCUT2D eigenvalue weighted by atomic mass is 35.5. The van der Waals surface area contributed by atoms with Crippen LogP contribution in [0.25, 0.3) is 0 Å². The SMILES string of the molecule is CCC1CCCCN1C(=O)c1cccc(C(=O)NCCc2ccc(Cl)cc2)n1. The summed E-state index contributed by atoms with van der Waals surface area (Å²) in [6, 6.07) is 12.9. The van der Waals surface area contributed by atoms with Crippen LogP contribution in [0, 0.1) is 0 Å². The average Bonchev–Trinajstić information content (AvgIpc) is 2.74. The second-order valence-corrected chi connectivity index (χ2v) is 7.53. The summed E-state index contributed by atoms with van der Waals surface area (Å²) in [5, 5.41) is 3.56. The van der Waals surface area contributed by atoms with Crippen LogP contribution in [0.15, 0.2) is 42.5 Å². The minimum absolute atomic E-state index is 0.0811. The van der Waals surface area contributed by atoms with Crippen LogP contribution in [0.3, 0.4) is 0 Å². The average molecular weight is 400 g/mol. The second-order valence-electron chi connectivity index (χ2n) is 7.10.